The van der Waals surface area contributed by atoms with Crippen molar-refractivity contribution in [2.45, 2.75) is 38.8 Å². The molecule has 1 aromatic carbocycles. The summed E-state index contributed by atoms with van der Waals surface area (Å²) in [5, 5.41) is 13.2. The van der Waals surface area contributed by atoms with Gasteiger partial charge in [0.15, 0.2) is 0 Å². The number of amides is 1. The first-order valence-electron chi connectivity index (χ1n) is 6.93. The fourth-order valence-corrected chi connectivity index (χ4v) is 1.82. The molecule has 1 aromatic rings. The number of nitro benzene ring substituents is 1. The summed E-state index contributed by atoms with van der Waals surface area (Å²) in [5.41, 5.74) is -0.287. The number of methoxy groups -OCH3 is 1. The van der Waals surface area contributed by atoms with Crippen LogP contribution in [-0.4, -0.2) is 35.7 Å². The lowest BCUT2D eigenvalue weighted by Gasteiger charge is -2.22. The van der Waals surface area contributed by atoms with Crippen LogP contribution in [0.2, 0.25) is 0 Å². The second-order valence-electron chi connectivity index (χ2n) is 5.85. The Morgan fingerprint density at radius 2 is 2.00 bits per heavy atom. The molecule has 0 bridgehead atoms. The van der Waals surface area contributed by atoms with Gasteiger partial charge in [-0.2, -0.15) is 0 Å². The molecule has 0 heterocycles. The van der Waals surface area contributed by atoms with Gasteiger partial charge in [0.2, 0.25) is 0 Å². The van der Waals surface area contributed by atoms with Gasteiger partial charge < -0.3 is 14.8 Å². The number of nitrogens with one attached hydrogen (secondary N) is 1. The summed E-state index contributed by atoms with van der Waals surface area (Å²) in [6.07, 6.45) is -0.716. The van der Waals surface area contributed by atoms with Gasteiger partial charge in [-0.3, -0.25) is 10.1 Å². The van der Waals surface area contributed by atoms with E-state index in [1.165, 1.54) is 25.3 Å². The number of esters is 1. The Morgan fingerprint density at radius 1 is 1.35 bits per heavy atom. The predicted octanol–water partition coefficient (Wildman–Crippen LogP) is 2.20. The third-order valence-corrected chi connectivity index (χ3v) is 2.74. The van der Waals surface area contributed by atoms with E-state index in [9.17, 15) is 19.7 Å². The van der Waals surface area contributed by atoms with Gasteiger partial charge in [0.05, 0.1) is 12.0 Å². The molecule has 0 spiro atoms. The van der Waals surface area contributed by atoms with Crippen molar-refractivity contribution in [3.63, 3.8) is 0 Å². The predicted molar refractivity (Wildman–Crippen MR) is 82.0 cm³/mol. The van der Waals surface area contributed by atoms with Crippen LogP contribution in [0.15, 0.2) is 24.3 Å². The minimum absolute atomic E-state index is 0.0492. The molecule has 23 heavy (non-hydrogen) atoms. The number of hydrogen-bond acceptors (Lipinski definition) is 6. The van der Waals surface area contributed by atoms with Gasteiger partial charge >= 0.3 is 12.1 Å². The number of alkyl carbamates (subject to hydrolysis) is 1. The normalized spacial score (nSPS) is 12.2. The van der Waals surface area contributed by atoms with Crippen molar-refractivity contribution < 1.29 is 24.0 Å². The molecule has 0 fully saturated rings. The highest BCUT2D eigenvalue weighted by Gasteiger charge is 2.25. The molecule has 0 aliphatic rings. The number of non-ortho nitro benzene ring substituents is 1. The van der Waals surface area contributed by atoms with Crippen LogP contribution in [0.4, 0.5) is 10.5 Å². The topological polar surface area (TPSA) is 108 Å². The lowest BCUT2D eigenvalue weighted by molar-refractivity contribution is -0.384. The number of benzene rings is 1. The summed E-state index contributed by atoms with van der Waals surface area (Å²) in [6.45, 7) is 5.08. The first-order chi connectivity index (χ1) is 10.6. The van der Waals surface area contributed by atoms with Gasteiger partial charge in [-0.15, -0.1) is 0 Å². The molecule has 0 radical (unpaired) electrons. The zero-order chi connectivity index (χ0) is 17.6. The van der Waals surface area contributed by atoms with Gasteiger partial charge in [-0.05, 0) is 26.3 Å². The van der Waals surface area contributed by atoms with E-state index in [1.54, 1.807) is 26.8 Å². The monoisotopic (exact) mass is 324 g/mol. The standard InChI is InChI=1S/C15H20N2O6/c1-15(2,3)23-14(19)16-12(13(18)22-4)9-10-6-5-7-11(8-10)17(20)21/h5-8,12H,9H2,1-4H3,(H,16,19)/t12-/m0/s1. The zero-order valence-corrected chi connectivity index (χ0v) is 13.5. The molecule has 8 heteroatoms. The molecule has 8 nitrogen and oxygen atoms in total. The van der Waals surface area contributed by atoms with Gasteiger partial charge in [-0.1, -0.05) is 12.1 Å². The first-order valence-corrected chi connectivity index (χ1v) is 6.93. The van der Waals surface area contributed by atoms with Crippen molar-refractivity contribution in [1.82, 2.24) is 5.32 Å². The molecule has 1 amide bonds. The lowest BCUT2D eigenvalue weighted by Crippen LogP contribution is -2.45. The number of nitrogens with zero attached hydrogens (tertiary/aromatic N) is 1. The SMILES string of the molecule is COC(=O)[C@H](Cc1cccc([N+](=O)[O-])c1)NC(=O)OC(C)(C)C. The number of ether oxygens (including phenoxy) is 2. The Balaban J connectivity index is 2.87. The van der Waals surface area contributed by atoms with Crippen LogP contribution < -0.4 is 5.32 Å². The lowest BCUT2D eigenvalue weighted by atomic mass is 10.1. The van der Waals surface area contributed by atoms with Crippen molar-refractivity contribution in [1.29, 1.82) is 0 Å². The average molecular weight is 324 g/mol. The Labute approximate surface area is 133 Å². The number of carbonyl (C=O) groups is 2. The highest BCUT2D eigenvalue weighted by molar-refractivity contribution is 5.81. The molecular weight excluding hydrogens is 304 g/mol. The van der Waals surface area contributed by atoms with E-state index in [0.717, 1.165) is 0 Å². The quantitative estimate of drug-likeness (QED) is 0.505. The van der Waals surface area contributed by atoms with E-state index >= 15 is 0 Å². The maximum Gasteiger partial charge on any atom is 0.408 e. The van der Waals surface area contributed by atoms with Gasteiger partial charge in [0.25, 0.3) is 5.69 Å². The van der Waals surface area contributed by atoms with E-state index in [0.29, 0.717) is 5.56 Å². The first kappa shape index (κ1) is 18.4. The Hall–Kier alpha value is -2.64. The van der Waals surface area contributed by atoms with E-state index in [-0.39, 0.29) is 12.1 Å². The van der Waals surface area contributed by atoms with E-state index < -0.39 is 28.6 Å². The smallest absolute Gasteiger partial charge is 0.408 e. The molecule has 1 rings (SSSR count). The average Bonchev–Trinajstić information content (AvgIpc) is 2.44. The van der Waals surface area contributed by atoms with Gasteiger partial charge in [-0.25, -0.2) is 9.59 Å². The number of carbonyl (C=O) groups excluding carboxylic acids is 2. The molecule has 0 aliphatic heterocycles. The molecule has 0 saturated heterocycles. The number of hydrogen-bond donors (Lipinski definition) is 1. The molecule has 1 N–H and O–H groups in total. The summed E-state index contributed by atoms with van der Waals surface area (Å²) in [6, 6.07) is 4.82. The van der Waals surface area contributed by atoms with E-state index in [4.69, 9.17) is 4.74 Å². The fourth-order valence-electron chi connectivity index (χ4n) is 1.82. The van der Waals surface area contributed by atoms with Crippen LogP contribution in [0.5, 0.6) is 0 Å². The minimum atomic E-state index is -1.00. The molecule has 0 unspecified atom stereocenters. The molecule has 0 aromatic heterocycles. The van der Waals surface area contributed by atoms with Crippen LogP contribution in [0, 0.1) is 10.1 Å². The molecular formula is C15H20N2O6. The second-order valence-corrected chi connectivity index (χ2v) is 5.85. The zero-order valence-electron chi connectivity index (χ0n) is 13.5. The molecule has 0 saturated carbocycles. The third-order valence-electron chi connectivity index (χ3n) is 2.74. The summed E-state index contributed by atoms with van der Waals surface area (Å²) in [7, 11) is 1.19. The van der Waals surface area contributed by atoms with Crippen LogP contribution in [0.1, 0.15) is 26.3 Å². The minimum Gasteiger partial charge on any atom is -0.467 e. The van der Waals surface area contributed by atoms with Crippen LogP contribution in [0.3, 0.4) is 0 Å². The van der Waals surface area contributed by atoms with E-state index in [2.05, 4.69) is 10.1 Å². The fraction of sp³-hybridized carbons (Fsp3) is 0.467. The van der Waals surface area contributed by atoms with E-state index in [1.807, 2.05) is 0 Å². The van der Waals surface area contributed by atoms with Crippen molar-refractivity contribution in [2.75, 3.05) is 7.11 Å². The van der Waals surface area contributed by atoms with Crippen molar-refractivity contribution in [3.8, 4) is 0 Å². The summed E-state index contributed by atoms with van der Waals surface area (Å²) >= 11 is 0. The van der Waals surface area contributed by atoms with Crippen LogP contribution in [-0.2, 0) is 20.7 Å². The van der Waals surface area contributed by atoms with Crippen LogP contribution >= 0.6 is 0 Å². The van der Waals surface area contributed by atoms with Crippen molar-refractivity contribution >= 4 is 17.7 Å². The molecule has 1 atom stereocenters. The number of nitro groups is 1. The van der Waals surface area contributed by atoms with Gasteiger partial charge in [0.1, 0.15) is 11.6 Å². The maximum absolute atomic E-state index is 11.8. The Bertz CT molecular complexity index is 594. The third kappa shape index (κ3) is 6.33. The summed E-state index contributed by atoms with van der Waals surface area (Å²) in [4.78, 5) is 33.9. The number of rotatable bonds is 5. The highest BCUT2D eigenvalue weighted by atomic mass is 16.6. The Morgan fingerprint density at radius 3 is 2.52 bits per heavy atom. The molecule has 0 aliphatic carbocycles. The summed E-state index contributed by atoms with van der Waals surface area (Å²) < 4.78 is 9.75. The van der Waals surface area contributed by atoms with Gasteiger partial charge in [0, 0.05) is 18.6 Å². The van der Waals surface area contributed by atoms with Crippen molar-refractivity contribution in [2.24, 2.45) is 0 Å². The second kappa shape index (κ2) is 7.57. The molecule has 126 valence electrons. The maximum atomic E-state index is 11.8. The summed E-state index contributed by atoms with van der Waals surface area (Å²) in [5.74, 6) is -0.664. The largest absolute Gasteiger partial charge is 0.467 e. The van der Waals surface area contributed by atoms with Crippen LogP contribution in [0.25, 0.3) is 0 Å². The van der Waals surface area contributed by atoms with Crippen molar-refractivity contribution in [3.05, 3.63) is 39.9 Å². The highest BCUT2D eigenvalue weighted by Crippen LogP contribution is 2.15. The Kier molecular flexibility index (Phi) is 6.06.